The molecule has 3 aromatic rings. The highest BCUT2D eigenvalue weighted by molar-refractivity contribution is 7.99. The summed E-state index contributed by atoms with van der Waals surface area (Å²) in [4.78, 5) is 30.6. The molecule has 3 rings (SSSR count). The van der Waals surface area contributed by atoms with Gasteiger partial charge in [0.05, 0.1) is 29.5 Å². The third-order valence-corrected chi connectivity index (χ3v) is 6.29. The van der Waals surface area contributed by atoms with E-state index in [2.05, 4.69) is 15.2 Å². The van der Waals surface area contributed by atoms with E-state index in [0.29, 0.717) is 33.6 Å². The third-order valence-electron chi connectivity index (χ3n) is 5.36. The van der Waals surface area contributed by atoms with E-state index in [4.69, 9.17) is 4.74 Å². The number of carbonyl (C=O) groups excluding carboxylic acids is 2. The maximum absolute atomic E-state index is 13.5. The van der Waals surface area contributed by atoms with E-state index in [1.165, 1.54) is 23.9 Å². The van der Waals surface area contributed by atoms with Crippen LogP contribution in [0.5, 0.6) is 0 Å². The Bertz CT molecular complexity index is 1150. The maximum atomic E-state index is 13.5. The van der Waals surface area contributed by atoms with Crippen molar-refractivity contribution in [2.75, 3.05) is 26.5 Å². The van der Waals surface area contributed by atoms with Gasteiger partial charge in [0, 0.05) is 17.1 Å². The highest BCUT2D eigenvalue weighted by Crippen LogP contribution is 2.29. The number of hydrogen-bond donors (Lipinski definition) is 1. The highest BCUT2D eigenvalue weighted by Gasteiger charge is 2.27. The number of Topliss-reactive ketones (excluding diaryl/α,β-unsaturated/α-hetero) is 1. The fourth-order valence-corrected chi connectivity index (χ4v) is 4.33. The van der Waals surface area contributed by atoms with E-state index in [1.807, 2.05) is 30.5 Å². The van der Waals surface area contributed by atoms with Crippen molar-refractivity contribution < 1.29 is 18.7 Å². The lowest BCUT2D eigenvalue weighted by atomic mass is 10.1. The molecule has 1 atom stereocenters. The number of aryl methyl sites for hydroxylation is 2. The minimum atomic E-state index is -0.524. The summed E-state index contributed by atoms with van der Waals surface area (Å²) in [5.74, 6) is -0.379. The first kappa shape index (κ1) is 24.7. The molecule has 176 valence electrons. The lowest BCUT2D eigenvalue weighted by Crippen LogP contribution is -2.20. The van der Waals surface area contributed by atoms with Gasteiger partial charge >= 0.3 is 5.97 Å². The van der Waals surface area contributed by atoms with Crippen LogP contribution in [0.3, 0.4) is 0 Å². The average Bonchev–Trinajstić information content (AvgIpc) is 3.32. The minimum Gasteiger partial charge on any atom is -0.462 e. The molecule has 8 nitrogen and oxygen atoms in total. The fourth-order valence-electron chi connectivity index (χ4n) is 3.50. The number of ketones is 1. The summed E-state index contributed by atoms with van der Waals surface area (Å²) in [7, 11) is 3.86. The van der Waals surface area contributed by atoms with Crippen molar-refractivity contribution in [3.05, 3.63) is 58.4 Å². The highest BCUT2D eigenvalue weighted by atomic mass is 32.2. The lowest BCUT2D eigenvalue weighted by Gasteiger charge is -2.20. The van der Waals surface area contributed by atoms with Gasteiger partial charge in [-0.3, -0.25) is 14.3 Å². The predicted octanol–water partition coefficient (Wildman–Crippen LogP) is 4.13. The second-order valence-corrected chi connectivity index (χ2v) is 8.79. The molecule has 0 aliphatic carbocycles. The molecule has 1 aromatic carbocycles. The Hall–Kier alpha value is -2.98. The molecule has 0 fully saturated rings. The molecule has 0 amide bonds. The average molecular weight is 474 g/mol. The zero-order valence-electron chi connectivity index (χ0n) is 19.6. The minimum absolute atomic E-state index is 0.0419. The molecular weight excluding hydrogens is 445 g/mol. The van der Waals surface area contributed by atoms with Crippen molar-refractivity contribution in [1.29, 1.82) is 0 Å². The van der Waals surface area contributed by atoms with E-state index in [-0.39, 0.29) is 35.6 Å². The summed E-state index contributed by atoms with van der Waals surface area (Å²) in [5, 5.41) is 9.15. The van der Waals surface area contributed by atoms with E-state index in [9.17, 15) is 14.0 Å². The Morgan fingerprint density at radius 1 is 1.15 bits per heavy atom. The molecule has 33 heavy (non-hydrogen) atoms. The molecule has 0 spiro atoms. The zero-order chi connectivity index (χ0) is 24.3. The number of hydrogen-bond acceptors (Lipinski definition) is 7. The monoisotopic (exact) mass is 473 g/mol. The number of halogens is 1. The molecule has 0 aliphatic heterocycles. The van der Waals surface area contributed by atoms with Gasteiger partial charge in [-0.2, -0.15) is 0 Å². The molecule has 2 aromatic heterocycles. The predicted molar refractivity (Wildman–Crippen MR) is 125 cm³/mol. The van der Waals surface area contributed by atoms with Gasteiger partial charge < -0.3 is 9.72 Å². The van der Waals surface area contributed by atoms with E-state index in [1.54, 1.807) is 32.9 Å². The van der Waals surface area contributed by atoms with Gasteiger partial charge in [-0.05, 0) is 66.1 Å². The molecule has 0 aliphatic rings. The molecule has 0 bridgehead atoms. The number of nitrogens with one attached hydrogen (secondary N) is 1. The molecule has 1 unspecified atom stereocenters. The molecule has 1 N–H and O–H groups in total. The number of rotatable bonds is 9. The molecular formula is C23H28FN5O3S. The number of aromatic amines is 1. The quantitative estimate of drug-likeness (QED) is 0.284. The summed E-state index contributed by atoms with van der Waals surface area (Å²) in [6.07, 6.45) is 0. The number of aromatic nitrogens is 4. The second kappa shape index (κ2) is 10.3. The number of ether oxygens (including phenoxy) is 1. The maximum Gasteiger partial charge on any atom is 0.340 e. The first-order valence-corrected chi connectivity index (χ1v) is 11.5. The van der Waals surface area contributed by atoms with Crippen molar-refractivity contribution >= 4 is 23.5 Å². The number of nitrogens with zero attached hydrogens (tertiary/aromatic N) is 4. The largest absolute Gasteiger partial charge is 0.462 e. The number of H-pyrrole nitrogens is 1. The van der Waals surface area contributed by atoms with Crippen molar-refractivity contribution in [3.8, 4) is 5.69 Å². The molecule has 0 saturated carbocycles. The van der Waals surface area contributed by atoms with Gasteiger partial charge in [0.1, 0.15) is 5.82 Å². The smallest absolute Gasteiger partial charge is 0.340 e. The standard InChI is InChI=1S/C23H28FN5O3S/c1-7-32-22(31)20-14(3)25-13(2)19(20)18(30)12-33-23-27-26-21(15(4)28(5)6)29(23)17-10-8-16(24)9-11-17/h8-11,15,25H,7,12H2,1-6H3. The first-order chi connectivity index (χ1) is 15.6. The zero-order valence-corrected chi connectivity index (χ0v) is 20.4. The Labute approximate surface area is 196 Å². The van der Waals surface area contributed by atoms with Gasteiger partial charge in [-0.25, -0.2) is 9.18 Å². The summed E-state index contributed by atoms with van der Waals surface area (Å²) in [5.41, 5.74) is 2.50. The fraction of sp³-hybridized carbons (Fsp3) is 0.391. The van der Waals surface area contributed by atoms with Crippen LogP contribution in [0.25, 0.3) is 5.69 Å². The number of carbonyl (C=O) groups is 2. The van der Waals surface area contributed by atoms with Crippen LogP contribution in [-0.4, -0.2) is 62.9 Å². The van der Waals surface area contributed by atoms with Crippen LogP contribution < -0.4 is 0 Å². The van der Waals surface area contributed by atoms with Crippen molar-refractivity contribution in [3.63, 3.8) is 0 Å². The van der Waals surface area contributed by atoms with E-state index in [0.717, 1.165) is 0 Å². The molecule has 10 heteroatoms. The Balaban J connectivity index is 1.93. The normalized spacial score (nSPS) is 12.2. The van der Waals surface area contributed by atoms with Crippen LogP contribution in [0.2, 0.25) is 0 Å². The number of esters is 1. The SMILES string of the molecule is CCOC(=O)c1c(C)[nH]c(C)c1C(=O)CSc1nnc(C(C)N(C)C)n1-c1ccc(F)cc1. The van der Waals surface area contributed by atoms with Crippen LogP contribution in [0.1, 0.15) is 57.8 Å². The number of benzene rings is 1. The Morgan fingerprint density at radius 2 is 1.79 bits per heavy atom. The number of thioether (sulfide) groups is 1. The van der Waals surface area contributed by atoms with Crippen LogP contribution in [0.4, 0.5) is 4.39 Å². The summed E-state index contributed by atoms with van der Waals surface area (Å²) >= 11 is 1.21. The third kappa shape index (κ3) is 5.17. The topological polar surface area (TPSA) is 93.1 Å². The van der Waals surface area contributed by atoms with Crippen LogP contribution >= 0.6 is 11.8 Å². The molecule has 2 heterocycles. The van der Waals surface area contributed by atoms with E-state index < -0.39 is 5.97 Å². The van der Waals surface area contributed by atoms with Crippen LogP contribution in [-0.2, 0) is 4.74 Å². The van der Waals surface area contributed by atoms with Crippen molar-refractivity contribution in [1.82, 2.24) is 24.6 Å². The van der Waals surface area contributed by atoms with Crippen molar-refractivity contribution in [2.45, 2.75) is 38.9 Å². The first-order valence-electron chi connectivity index (χ1n) is 10.6. The molecule has 0 saturated heterocycles. The lowest BCUT2D eigenvalue weighted by molar-refractivity contribution is 0.0522. The van der Waals surface area contributed by atoms with Gasteiger partial charge in [0.15, 0.2) is 16.8 Å². The van der Waals surface area contributed by atoms with E-state index >= 15 is 0 Å². The van der Waals surface area contributed by atoms with Gasteiger partial charge in [0.2, 0.25) is 0 Å². The van der Waals surface area contributed by atoms with Gasteiger partial charge in [0.25, 0.3) is 0 Å². The van der Waals surface area contributed by atoms with Gasteiger partial charge in [-0.1, -0.05) is 11.8 Å². The second-order valence-electron chi connectivity index (χ2n) is 7.85. The Morgan fingerprint density at radius 3 is 2.39 bits per heavy atom. The van der Waals surface area contributed by atoms with Crippen molar-refractivity contribution in [2.24, 2.45) is 0 Å². The Kier molecular flexibility index (Phi) is 7.70. The van der Waals surface area contributed by atoms with Crippen LogP contribution in [0.15, 0.2) is 29.4 Å². The summed E-state index contributed by atoms with van der Waals surface area (Å²) in [6, 6.07) is 5.97. The van der Waals surface area contributed by atoms with Gasteiger partial charge in [-0.15, -0.1) is 10.2 Å². The molecule has 0 radical (unpaired) electrons. The summed E-state index contributed by atoms with van der Waals surface area (Å²) in [6.45, 7) is 7.42. The summed E-state index contributed by atoms with van der Waals surface area (Å²) < 4.78 is 20.5. The van der Waals surface area contributed by atoms with Crippen LogP contribution in [0, 0.1) is 19.7 Å².